The van der Waals surface area contributed by atoms with E-state index in [9.17, 15) is 0 Å². The van der Waals surface area contributed by atoms with Crippen molar-refractivity contribution in [2.45, 2.75) is 52.0 Å². The smallest absolute Gasteiger partial charge is 0.122 e. The van der Waals surface area contributed by atoms with E-state index in [4.69, 9.17) is 4.74 Å². The summed E-state index contributed by atoms with van der Waals surface area (Å²) in [6.07, 6.45) is 6.51. The Bertz CT molecular complexity index is 369. The third-order valence-corrected chi connectivity index (χ3v) is 3.73. The summed E-state index contributed by atoms with van der Waals surface area (Å²) < 4.78 is 5.57. The Hall–Kier alpha value is -1.02. The van der Waals surface area contributed by atoms with E-state index in [2.05, 4.69) is 30.4 Å². The van der Waals surface area contributed by atoms with Crippen molar-refractivity contribution < 1.29 is 4.74 Å². The summed E-state index contributed by atoms with van der Waals surface area (Å²) in [6.45, 7) is 6.11. The molecule has 2 rings (SSSR count). The zero-order valence-electron chi connectivity index (χ0n) is 11.7. The quantitative estimate of drug-likeness (QED) is 0.860. The summed E-state index contributed by atoms with van der Waals surface area (Å²) in [4.78, 5) is 0. The molecule has 0 saturated carbocycles. The normalized spacial score (nSPS) is 19.8. The number of piperidine rings is 1. The van der Waals surface area contributed by atoms with Crippen LogP contribution in [0, 0.1) is 6.92 Å². The van der Waals surface area contributed by atoms with Crippen molar-refractivity contribution in [3.63, 3.8) is 0 Å². The first-order chi connectivity index (χ1) is 8.79. The maximum absolute atomic E-state index is 5.57. The molecule has 0 amide bonds. The highest BCUT2D eigenvalue weighted by atomic mass is 16.5. The molecule has 18 heavy (non-hydrogen) atoms. The molecule has 1 aliphatic heterocycles. The first kappa shape index (κ1) is 13.4. The number of hydrogen-bond donors (Lipinski definition) is 1. The zero-order valence-corrected chi connectivity index (χ0v) is 11.7. The van der Waals surface area contributed by atoms with Crippen LogP contribution >= 0.6 is 0 Å². The van der Waals surface area contributed by atoms with Crippen molar-refractivity contribution in [2.24, 2.45) is 0 Å². The molecule has 1 unspecified atom stereocenters. The minimum Gasteiger partial charge on any atom is -0.494 e. The third kappa shape index (κ3) is 3.74. The van der Waals surface area contributed by atoms with Crippen LogP contribution in [0.1, 0.15) is 43.7 Å². The number of hydrogen-bond acceptors (Lipinski definition) is 2. The van der Waals surface area contributed by atoms with E-state index in [-0.39, 0.29) is 0 Å². The Morgan fingerprint density at radius 2 is 2.22 bits per heavy atom. The lowest BCUT2D eigenvalue weighted by Crippen LogP contribution is -2.34. The van der Waals surface area contributed by atoms with Gasteiger partial charge in [0.2, 0.25) is 0 Å². The largest absolute Gasteiger partial charge is 0.494 e. The monoisotopic (exact) mass is 247 g/mol. The number of benzene rings is 1. The minimum atomic E-state index is 0.727. The van der Waals surface area contributed by atoms with E-state index >= 15 is 0 Å². The van der Waals surface area contributed by atoms with Gasteiger partial charge in [-0.05, 0) is 63.3 Å². The molecular weight excluding hydrogens is 222 g/mol. The molecule has 0 aromatic heterocycles. The number of nitrogens with one attached hydrogen (secondary N) is 1. The van der Waals surface area contributed by atoms with Gasteiger partial charge in [-0.15, -0.1) is 0 Å². The van der Waals surface area contributed by atoms with E-state index in [1.807, 2.05) is 6.92 Å². The molecule has 1 saturated heterocycles. The van der Waals surface area contributed by atoms with Crippen molar-refractivity contribution in [2.75, 3.05) is 13.2 Å². The topological polar surface area (TPSA) is 21.3 Å². The van der Waals surface area contributed by atoms with Gasteiger partial charge in [0.1, 0.15) is 5.75 Å². The molecule has 1 aromatic rings. The van der Waals surface area contributed by atoms with Crippen LogP contribution in [0.25, 0.3) is 0 Å². The number of aryl methyl sites for hydroxylation is 2. The molecule has 1 atom stereocenters. The van der Waals surface area contributed by atoms with Gasteiger partial charge in [-0.1, -0.05) is 18.6 Å². The molecule has 2 heteroatoms. The summed E-state index contributed by atoms with van der Waals surface area (Å²) in [6, 6.07) is 7.32. The van der Waals surface area contributed by atoms with Crippen LogP contribution in [0.4, 0.5) is 0 Å². The second kappa shape index (κ2) is 6.79. The fraction of sp³-hybridized carbons (Fsp3) is 0.625. The van der Waals surface area contributed by atoms with Gasteiger partial charge >= 0.3 is 0 Å². The molecule has 0 aliphatic carbocycles. The van der Waals surface area contributed by atoms with Crippen molar-refractivity contribution in [1.82, 2.24) is 5.32 Å². The second-order valence-electron chi connectivity index (χ2n) is 5.22. The maximum Gasteiger partial charge on any atom is 0.122 e. The van der Waals surface area contributed by atoms with Gasteiger partial charge < -0.3 is 10.1 Å². The highest BCUT2D eigenvalue weighted by molar-refractivity contribution is 5.36. The summed E-state index contributed by atoms with van der Waals surface area (Å²) in [7, 11) is 0. The minimum absolute atomic E-state index is 0.727. The van der Waals surface area contributed by atoms with Crippen LogP contribution in [-0.4, -0.2) is 19.2 Å². The van der Waals surface area contributed by atoms with E-state index in [0.717, 1.165) is 18.4 Å². The van der Waals surface area contributed by atoms with E-state index in [0.29, 0.717) is 0 Å². The Kier molecular flexibility index (Phi) is 5.06. The number of ether oxygens (including phenoxy) is 1. The van der Waals surface area contributed by atoms with Crippen molar-refractivity contribution >= 4 is 0 Å². The van der Waals surface area contributed by atoms with Crippen LogP contribution in [-0.2, 0) is 6.42 Å². The highest BCUT2D eigenvalue weighted by Gasteiger charge is 2.12. The molecule has 0 bridgehead atoms. The molecule has 0 radical (unpaired) electrons. The molecule has 1 N–H and O–H groups in total. The standard InChI is InChI=1S/C16H25NO/c1-3-18-16-10-8-14(12-13(16)2)7-9-15-6-4-5-11-17-15/h8,10,12,15,17H,3-7,9,11H2,1-2H3. The fourth-order valence-electron chi connectivity index (χ4n) is 2.70. The average molecular weight is 247 g/mol. The Morgan fingerprint density at radius 3 is 2.89 bits per heavy atom. The zero-order chi connectivity index (χ0) is 12.8. The Labute approximate surface area is 111 Å². The second-order valence-corrected chi connectivity index (χ2v) is 5.22. The van der Waals surface area contributed by atoms with Gasteiger partial charge in [-0.3, -0.25) is 0 Å². The van der Waals surface area contributed by atoms with Crippen LogP contribution in [0.15, 0.2) is 18.2 Å². The van der Waals surface area contributed by atoms with Crippen LogP contribution < -0.4 is 10.1 Å². The molecule has 1 heterocycles. The van der Waals surface area contributed by atoms with Gasteiger partial charge in [0, 0.05) is 6.04 Å². The molecule has 1 aliphatic rings. The van der Waals surface area contributed by atoms with Crippen molar-refractivity contribution in [1.29, 1.82) is 0 Å². The molecule has 0 spiro atoms. The van der Waals surface area contributed by atoms with Gasteiger partial charge in [0.05, 0.1) is 6.61 Å². The Balaban J connectivity index is 1.87. The predicted molar refractivity (Wildman–Crippen MR) is 76.3 cm³/mol. The molecule has 1 aromatic carbocycles. The van der Waals surface area contributed by atoms with Gasteiger partial charge in [0.15, 0.2) is 0 Å². The van der Waals surface area contributed by atoms with Gasteiger partial charge in [-0.25, -0.2) is 0 Å². The van der Waals surface area contributed by atoms with Gasteiger partial charge in [0.25, 0.3) is 0 Å². The molecule has 100 valence electrons. The van der Waals surface area contributed by atoms with Gasteiger partial charge in [-0.2, -0.15) is 0 Å². The SMILES string of the molecule is CCOc1ccc(CCC2CCCCN2)cc1C. The van der Waals surface area contributed by atoms with Crippen molar-refractivity contribution in [3.8, 4) is 5.75 Å². The lowest BCUT2D eigenvalue weighted by atomic mass is 9.97. The van der Waals surface area contributed by atoms with Crippen LogP contribution in [0.2, 0.25) is 0 Å². The van der Waals surface area contributed by atoms with Crippen LogP contribution in [0.5, 0.6) is 5.75 Å². The van der Waals surface area contributed by atoms with E-state index in [1.54, 1.807) is 0 Å². The first-order valence-corrected chi connectivity index (χ1v) is 7.25. The molecular formula is C16H25NO. The average Bonchev–Trinajstić information content (AvgIpc) is 2.41. The maximum atomic E-state index is 5.57. The predicted octanol–water partition coefficient (Wildman–Crippen LogP) is 3.47. The van der Waals surface area contributed by atoms with Crippen molar-refractivity contribution in [3.05, 3.63) is 29.3 Å². The van der Waals surface area contributed by atoms with E-state index in [1.165, 1.54) is 49.8 Å². The lowest BCUT2D eigenvalue weighted by molar-refractivity contribution is 0.337. The molecule has 1 fully saturated rings. The highest BCUT2D eigenvalue weighted by Crippen LogP contribution is 2.21. The van der Waals surface area contributed by atoms with Crippen LogP contribution in [0.3, 0.4) is 0 Å². The molecule has 2 nitrogen and oxygen atoms in total. The number of rotatable bonds is 5. The summed E-state index contributed by atoms with van der Waals surface area (Å²) >= 11 is 0. The fourth-order valence-corrected chi connectivity index (χ4v) is 2.70. The summed E-state index contributed by atoms with van der Waals surface area (Å²) in [5, 5.41) is 3.61. The summed E-state index contributed by atoms with van der Waals surface area (Å²) in [5.41, 5.74) is 2.69. The van der Waals surface area contributed by atoms with E-state index < -0.39 is 0 Å². The lowest BCUT2D eigenvalue weighted by Gasteiger charge is -2.23. The Morgan fingerprint density at radius 1 is 1.33 bits per heavy atom. The third-order valence-electron chi connectivity index (χ3n) is 3.73. The first-order valence-electron chi connectivity index (χ1n) is 7.25. The summed E-state index contributed by atoms with van der Waals surface area (Å²) in [5.74, 6) is 1.03.